The van der Waals surface area contributed by atoms with Crippen molar-refractivity contribution in [3.8, 4) is 12.3 Å². The molecule has 0 aromatic carbocycles. The van der Waals surface area contributed by atoms with Crippen molar-refractivity contribution in [3.05, 3.63) is 34.5 Å². The number of aromatic nitrogens is 4. The van der Waals surface area contributed by atoms with Crippen LogP contribution in [0.2, 0.25) is 0 Å². The number of imidazole rings is 1. The first-order valence-electron chi connectivity index (χ1n) is 9.25. The summed E-state index contributed by atoms with van der Waals surface area (Å²) in [5.74, 6) is 2.87. The fourth-order valence-corrected chi connectivity index (χ4v) is 3.70. The third-order valence-electron chi connectivity index (χ3n) is 5.42. The lowest BCUT2D eigenvalue weighted by Gasteiger charge is -2.25. The summed E-state index contributed by atoms with van der Waals surface area (Å²) in [6.45, 7) is 5.68. The number of rotatable bonds is 5. The number of nitrogens with one attached hydrogen (secondary N) is 1. The Morgan fingerprint density at radius 2 is 2.24 bits per heavy atom. The van der Waals surface area contributed by atoms with Crippen molar-refractivity contribution in [3.63, 3.8) is 0 Å². The third-order valence-corrected chi connectivity index (χ3v) is 5.42. The summed E-state index contributed by atoms with van der Waals surface area (Å²) in [6, 6.07) is 0. The Hall–Kier alpha value is -3.19. The lowest BCUT2D eigenvalue weighted by molar-refractivity contribution is -0.0465. The SMILES string of the molecule is C#C[C@]1(CC)O[C@@H](n2cnc3c(NCc4oc(=O)oc4C)nc(F)nc32)C[C@@H]1C. The molecule has 10 heteroatoms. The second-order valence-corrected chi connectivity index (χ2v) is 7.05. The Bertz CT molecular complexity index is 1160. The third kappa shape index (κ3) is 3.17. The molecule has 0 bridgehead atoms. The van der Waals surface area contributed by atoms with Crippen molar-refractivity contribution >= 4 is 17.0 Å². The minimum Gasteiger partial charge on any atom is -0.396 e. The highest BCUT2D eigenvalue weighted by Gasteiger charge is 2.45. The maximum Gasteiger partial charge on any atom is 0.519 e. The number of fused-ring (bicyclic) bond motifs is 1. The summed E-state index contributed by atoms with van der Waals surface area (Å²) in [5, 5.41) is 2.92. The Labute approximate surface area is 165 Å². The molecule has 0 unspecified atom stereocenters. The number of nitrogens with zero attached hydrogens (tertiary/aromatic N) is 4. The molecule has 152 valence electrons. The van der Waals surface area contributed by atoms with Crippen LogP contribution in [0, 0.1) is 31.3 Å². The minimum atomic E-state index is -0.920. The average Bonchev–Trinajstić information content (AvgIpc) is 3.34. The van der Waals surface area contributed by atoms with Crippen molar-refractivity contribution < 1.29 is 18.0 Å². The predicted octanol–water partition coefficient (Wildman–Crippen LogP) is 2.77. The second kappa shape index (κ2) is 7.00. The molecule has 3 aromatic heterocycles. The molecule has 1 aliphatic rings. The summed E-state index contributed by atoms with van der Waals surface area (Å²) < 4.78 is 31.7. The number of hydrogen-bond donors (Lipinski definition) is 1. The Morgan fingerprint density at radius 3 is 2.86 bits per heavy atom. The summed E-state index contributed by atoms with van der Waals surface area (Å²) in [5.41, 5.74) is -0.0306. The topological polar surface area (TPSA) is 108 Å². The predicted molar refractivity (Wildman–Crippen MR) is 100 cm³/mol. The van der Waals surface area contributed by atoms with E-state index in [0.29, 0.717) is 24.1 Å². The largest absolute Gasteiger partial charge is 0.519 e. The first-order chi connectivity index (χ1) is 13.9. The van der Waals surface area contributed by atoms with Gasteiger partial charge in [-0.15, -0.1) is 6.42 Å². The van der Waals surface area contributed by atoms with Gasteiger partial charge in [0.25, 0.3) is 0 Å². The van der Waals surface area contributed by atoms with Crippen LogP contribution in [0.3, 0.4) is 0 Å². The molecule has 0 radical (unpaired) electrons. The van der Waals surface area contributed by atoms with Crippen molar-refractivity contribution in [2.24, 2.45) is 5.92 Å². The van der Waals surface area contributed by atoms with E-state index in [-0.39, 0.29) is 29.7 Å². The van der Waals surface area contributed by atoms with Gasteiger partial charge in [0.2, 0.25) is 0 Å². The monoisotopic (exact) mass is 401 g/mol. The Morgan fingerprint density at radius 1 is 1.45 bits per heavy atom. The van der Waals surface area contributed by atoms with Crippen molar-refractivity contribution in [2.75, 3.05) is 5.32 Å². The van der Waals surface area contributed by atoms with Gasteiger partial charge in [-0.25, -0.2) is 9.78 Å². The molecule has 1 fully saturated rings. The van der Waals surface area contributed by atoms with Gasteiger partial charge in [0.1, 0.15) is 17.6 Å². The Kier molecular flexibility index (Phi) is 4.62. The Balaban J connectivity index is 1.66. The van der Waals surface area contributed by atoms with Gasteiger partial charge in [-0.1, -0.05) is 19.8 Å². The van der Waals surface area contributed by atoms with E-state index in [1.165, 1.54) is 6.33 Å². The van der Waals surface area contributed by atoms with Crippen LogP contribution in [-0.2, 0) is 11.3 Å². The van der Waals surface area contributed by atoms with Gasteiger partial charge in [-0.05, 0) is 19.8 Å². The molecule has 3 atom stereocenters. The highest BCUT2D eigenvalue weighted by Crippen LogP contribution is 2.43. The van der Waals surface area contributed by atoms with Crippen LogP contribution in [0.5, 0.6) is 0 Å². The van der Waals surface area contributed by atoms with Crippen LogP contribution in [0.15, 0.2) is 20.0 Å². The summed E-state index contributed by atoms with van der Waals surface area (Å²) >= 11 is 0. The molecule has 4 rings (SSSR count). The number of ether oxygens (including phenoxy) is 1. The smallest absolute Gasteiger partial charge is 0.396 e. The van der Waals surface area contributed by atoms with Gasteiger partial charge >= 0.3 is 11.9 Å². The van der Waals surface area contributed by atoms with E-state index in [1.54, 1.807) is 11.5 Å². The summed E-state index contributed by atoms with van der Waals surface area (Å²) in [4.78, 5) is 23.2. The second-order valence-electron chi connectivity index (χ2n) is 7.05. The molecule has 0 aliphatic carbocycles. The fraction of sp³-hybridized carbons (Fsp3) is 0.474. The number of aryl methyl sites for hydroxylation is 1. The zero-order chi connectivity index (χ0) is 20.8. The van der Waals surface area contributed by atoms with E-state index >= 15 is 0 Å². The van der Waals surface area contributed by atoms with Crippen LogP contribution < -0.4 is 11.1 Å². The van der Waals surface area contributed by atoms with E-state index in [0.717, 1.165) is 0 Å². The van der Waals surface area contributed by atoms with Crippen molar-refractivity contribution in [1.82, 2.24) is 19.5 Å². The molecule has 29 heavy (non-hydrogen) atoms. The molecule has 3 aromatic rings. The molecule has 4 heterocycles. The summed E-state index contributed by atoms with van der Waals surface area (Å²) in [6.07, 6.45) is 7.24. The van der Waals surface area contributed by atoms with Gasteiger partial charge in [0.05, 0.1) is 12.9 Å². The van der Waals surface area contributed by atoms with Gasteiger partial charge in [-0.2, -0.15) is 14.4 Å². The first kappa shape index (κ1) is 19.1. The van der Waals surface area contributed by atoms with Crippen molar-refractivity contribution in [1.29, 1.82) is 0 Å². The average molecular weight is 401 g/mol. The molecule has 9 nitrogen and oxygen atoms in total. The first-order valence-corrected chi connectivity index (χ1v) is 9.25. The number of hydrogen-bond acceptors (Lipinski definition) is 8. The molecule has 1 N–H and O–H groups in total. The zero-order valence-corrected chi connectivity index (χ0v) is 16.2. The van der Waals surface area contributed by atoms with Gasteiger partial charge in [-0.3, -0.25) is 4.57 Å². The molecule has 0 spiro atoms. The minimum absolute atomic E-state index is 0.0724. The number of anilines is 1. The van der Waals surface area contributed by atoms with E-state index < -0.39 is 23.7 Å². The molecule has 1 saturated heterocycles. The summed E-state index contributed by atoms with van der Waals surface area (Å²) in [7, 11) is 0. The highest BCUT2D eigenvalue weighted by atomic mass is 19.1. The zero-order valence-electron chi connectivity index (χ0n) is 16.2. The maximum atomic E-state index is 14.1. The van der Waals surface area contributed by atoms with Crippen LogP contribution >= 0.6 is 0 Å². The quantitative estimate of drug-likeness (QED) is 0.514. The number of terminal acetylenes is 1. The highest BCUT2D eigenvalue weighted by molar-refractivity contribution is 5.82. The molecule has 0 amide bonds. The van der Waals surface area contributed by atoms with Crippen LogP contribution in [0.1, 0.15) is 44.4 Å². The lowest BCUT2D eigenvalue weighted by Crippen LogP contribution is -2.31. The standard InChI is InChI=1S/C19H20FN5O4/c1-5-19(6-2)10(3)7-13(29-19)25-9-22-14-15(23-17(20)24-16(14)25)21-8-12-11(4)27-18(26)28-12/h1,9-10,13H,6-8H2,2-4H3,(H,21,23,24)/t10-,13+,19+/m0/s1. The lowest BCUT2D eigenvalue weighted by atomic mass is 9.87. The molecule has 0 saturated carbocycles. The molecule has 1 aliphatic heterocycles. The molecular formula is C19H20FN5O4. The van der Waals surface area contributed by atoms with E-state index in [9.17, 15) is 9.18 Å². The number of halogens is 1. The van der Waals surface area contributed by atoms with Crippen molar-refractivity contribution in [2.45, 2.75) is 52.0 Å². The van der Waals surface area contributed by atoms with Gasteiger partial charge < -0.3 is 18.9 Å². The maximum absolute atomic E-state index is 14.1. The van der Waals surface area contributed by atoms with E-state index in [1.807, 2.05) is 13.8 Å². The van der Waals surface area contributed by atoms with Crippen LogP contribution in [0.4, 0.5) is 10.2 Å². The van der Waals surface area contributed by atoms with Gasteiger partial charge in [0, 0.05) is 5.92 Å². The fourth-order valence-electron chi connectivity index (χ4n) is 3.70. The van der Waals surface area contributed by atoms with E-state index in [2.05, 4.69) is 26.2 Å². The normalized spacial score (nSPS) is 24.1. The van der Waals surface area contributed by atoms with Gasteiger partial charge in [0.15, 0.2) is 22.7 Å². The van der Waals surface area contributed by atoms with Crippen LogP contribution in [-0.4, -0.2) is 25.1 Å². The van der Waals surface area contributed by atoms with Crippen LogP contribution in [0.25, 0.3) is 11.2 Å². The molecular weight excluding hydrogens is 381 g/mol. The van der Waals surface area contributed by atoms with E-state index in [4.69, 9.17) is 20.0 Å².